The van der Waals surface area contributed by atoms with Gasteiger partial charge in [0.2, 0.25) is 0 Å². The lowest BCUT2D eigenvalue weighted by Crippen LogP contribution is -2.04. The zero-order chi connectivity index (χ0) is 13.9. The first-order valence-corrected chi connectivity index (χ1v) is 7.91. The van der Waals surface area contributed by atoms with Gasteiger partial charge in [-0.05, 0) is 36.6 Å². The Hall–Kier alpha value is -1.67. The third-order valence-corrected chi connectivity index (χ3v) is 4.40. The largest absolute Gasteiger partial charge is 0.369 e. The van der Waals surface area contributed by atoms with Gasteiger partial charge >= 0.3 is 0 Å². The van der Waals surface area contributed by atoms with Gasteiger partial charge in [-0.25, -0.2) is 15.0 Å². The van der Waals surface area contributed by atoms with Crippen molar-refractivity contribution in [2.45, 2.75) is 29.6 Å². The summed E-state index contributed by atoms with van der Waals surface area (Å²) in [6, 6.07) is 0. The van der Waals surface area contributed by atoms with Crippen molar-refractivity contribution in [2.75, 3.05) is 11.9 Å². The summed E-state index contributed by atoms with van der Waals surface area (Å²) in [5.41, 5.74) is 0.838. The number of hydrogen-bond donors (Lipinski definition) is 1. The molecule has 3 heterocycles. The van der Waals surface area contributed by atoms with Crippen LogP contribution in [0.4, 0.5) is 5.82 Å². The minimum Gasteiger partial charge on any atom is -0.369 e. The zero-order valence-electron chi connectivity index (χ0n) is 11.2. The molecule has 0 spiro atoms. The van der Waals surface area contributed by atoms with Gasteiger partial charge in [-0.3, -0.25) is 0 Å². The van der Waals surface area contributed by atoms with E-state index >= 15 is 0 Å². The Balaban J connectivity index is 1.96. The summed E-state index contributed by atoms with van der Waals surface area (Å²) in [4.78, 5) is 13.3. The zero-order valence-corrected chi connectivity index (χ0v) is 12.8. The monoisotopic (exact) mass is 306 g/mol. The van der Waals surface area contributed by atoms with Crippen LogP contribution in [-0.2, 0) is 0 Å². The fourth-order valence-corrected chi connectivity index (χ4v) is 3.37. The van der Waals surface area contributed by atoms with Gasteiger partial charge in [0, 0.05) is 18.9 Å². The molecule has 0 saturated heterocycles. The molecule has 6 nitrogen and oxygen atoms in total. The van der Waals surface area contributed by atoms with E-state index in [1.54, 1.807) is 6.20 Å². The number of rotatable bonds is 5. The number of nitrogens with zero attached hydrogens (tertiary/aromatic N) is 5. The molecule has 0 bridgehead atoms. The first-order chi connectivity index (χ1) is 9.76. The Morgan fingerprint density at radius 3 is 3.05 bits per heavy atom. The molecule has 0 saturated carbocycles. The van der Waals surface area contributed by atoms with E-state index in [0.29, 0.717) is 0 Å². The van der Waals surface area contributed by atoms with E-state index in [-0.39, 0.29) is 0 Å². The highest BCUT2D eigenvalue weighted by molar-refractivity contribution is 8.01. The molecule has 104 valence electrons. The van der Waals surface area contributed by atoms with Gasteiger partial charge in [-0.15, -0.1) is 0 Å². The van der Waals surface area contributed by atoms with Crippen LogP contribution in [0.25, 0.3) is 5.65 Å². The average molecular weight is 306 g/mol. The van der Waals surface area contributed by atoms with Gasteiger partial charge in [0.05, 0.1) is 6.20 Å². The van der Waals surface area contributed by atoms with E-state index < -0.39 is 0 Å². The molecule has 0 radical (unpaired) electrons. The smallest absolute Gasteiger partial charge is 0.176 e. The topological polar surface area (TPSA) is 68.0 Å². The normalized spacial score (nSPS) is 11.1. The van der Waals surface area contributed by atoms with Crippen molar-refractivity contribution in [1.29, 1.82) is 0 Å². The lowest BCUT2D eigenvalue weighted by atomic mass is 10.5. The van der Waals surface area contributed by atoms with Crippen LogP contribution < -0.4 is 5.32 Å². The van der Waals surface area contributed by atoms with E-state index in [0.717, 1.165) is 39.6 Å². The Kier molecular flexibility index (Phi) is 3.83. The summed E-state index contributed by atoms with van der Waals surface area (Å²) in [5, 5.41) is 4.14. The molecule has 0 aliphatic carbocycles. The van der Waals surface area contributed by atoms with Gasteiger partial charge in [0.1, 0.15) is 16.7 Å². The summed E-state index contributed by atoms with van der Waals surface area (Å²) >= 11 is 2.88. The van der Waals surface area contributed by atoms with Crippen molar-refractivity contribution in [3.05, 3.63) is 24.4 Å². The van der Waals surface area contributed by atoms with Gasteiger partial charge in [0.25, 0.3) is 0 Å². The lowest BCUT2D eigenvalue weighted by molar-refractivity contribution is 0.944. The number of aromatic nitrogens is 5. The molecule has 0 atom stereocenters. The first kappa shape index (κ1) is 13.3. The minimum atomic E-state index is 0.789. The molecule has 0 aliphatic heterocycles. The highest BCUT2D eigenvalue weighted by Gasteiger charge is 2.11. The molecule has 3 aromatic rings. The van der Waals surface area contributed by atoms with E-state index in [4.69, 9.17) is 0 Å². The lowest BCUT2D eigenvalue weighted by Gasteiger charge is -2.07. The molecule has 3 rings (SSSR count). The summed E-state index contributed by atoms with van der Waals surface area (Å²) < 4.78 is 7.05. The van der Waals surface area contributed by atoms with Gasteiger partial charge in [0.15, 0.2) is 9.99 Å². The van der Waals surface area contributed by atoms with Crippen LogP contribution in [0.1, 0.15) is 19.2 Å². The Morgan fingerprint density at radius 1 is 1.40 bits per heavy atom. The van der Waals surface area contributed by atoms with E-state index in [1.807, 2.05) is 23.7 Å². The second-order valence-corrected chi connectivity index (χ2v) is 6.21. The maximum absolute atomic E-state index is 4.62. The fourth-order valence-electron chi connectivity index (χ4n) is 1.71. The highest BCUT2D eigenvalue weighted by Crippen LogP contribution is 2.30. The molecule has 8 heteroatoms. The van der Waals surface area contributed by atoms with Crippen molar-refractivity contribution in [1.82, 2.24) is 23.7 Å². The first-order valence-electron chi connectivity index (χ1n) is 6.32. The summed E-state index contributed by atoms with van der Waals surface area (Å²) in [6.45, 7) is 4.91. The van der Waals surface area contributed by atoms with E-state index in [1.165, 1.54) is 23.3 Å². The van der Waals surface area contributed by atoms with Crippen LogP contribution in [0.5, 0.6) is 0 Å². The molecule has 0 aliphatic rings. The van der Waals surface area contributed by atoms with Crippen molar-refractivity contribution >= 4 is 34.8 Å². The second-order valence-electron chi connectivity index (χ2n) is 4.23. The Bertz CT molecular complexity index is 720. The molecule has 0 unspecified atom stereocenters. The highest BCUT2D eigenvalue weighted by atomic mass is 32.2. The van der Waals surface area contributed by atoms with Gasteiger partial charge in [-0.2, -0.15) is 4.37 Å². The quantitative estimate of drug-likeness (QED) is 0.782. The minimum absolute atomic E-state index is 0.789. The third-order valence-electron chi connectivity index (χ3n) is 2.59. The Labute approximate surface area is 124 Å². The maximum atomic E-state index is 4.62. The second kappa shape index (κ2) is 5.76. The average Bonchev–Trinajstić information content (AvgIpc) is 3.05. The molecule has 0 fully saturated rings. The van der Waals surface area contributed by atoms with Crippen LogP contribution in [0, 0.1) is 6.92 Å². The molecule has 1 N–H and O–H groups in total. The third kappa shape index (κ3) is 2.75. The standard InChI is InChI=1S/C12H14N6S2/c1-3-4-13-9-7-18-6-5-14-10(18)11(16-9)19-12-15-8(2)17-20-12/h5-7,13H,3-4H2,1-2H3. The van der Waals surface area contributed by atoms with Crippen LogP contribution in [0.15, 0.2) is 28.0 Å². The summed E-state index contributed by atoms with van der Waals surface area (Å²) in [6.07, 6.45) is 6.70. The number of hydrogen-bond acceptors (Lipinski definition) is 7. The fraction of sp³-hybridized carbons (Fsp3) is 0.333. The van der Waals surface area contributed by atoms with Crippen molar-refractivity contribution < 1.29 is 0 Å². The van der Waals surface area contributed by atoms with Crippen LogP contribution in [0.3, 0.4) is 0 Å². The number of anilines is 1. The molecule has 3 aromatic heterocycles. The molecular formula is C12H14N6S2. The maximum Gasteiger partial charge on any atom is 0.176 e. The number of aryl methyl sites for hydroxylation is 1. The predicted octanol–water partition coefficient (Wildman–Crippen LogP) is 2.86. The van der Waals surface area contributed by atoms with Gasteiger partial charge < -0.3 is 9.72 Å². The van der Waals surface area contributed by atoms with Gasteiger partial charge in [-0.1, -0.05) is 6.92 Å². The number of nitrogens with one attached hydrogen (secondary N) is 1. The van der Waals surface area contributed by atoms with Crippen molar-refractivity contribution in [3.63, 3.8) is 0 Å². The summed E-state index contributed by atoms with van der Waals surface area (Å²) in [7, 11) is 0. The van der Waals surface area contributed by atoms with Crippen molar-refractivity contribution in [3.8, 4) is 0 Å². The molecule has 0 aromatic carbocycles. The van der Waals surface area contributed by atoms with Crippen molar-refractivity contribution in [2.24, 2.45) is 0 Å². The molecular weight excluding hydrogens is 292 g/mol. The summed E-state index contributed by atoms with van der Waals surface area (Å²) in [5.74, 6) is 1.64. The number of fused-ring (bicyclic) bond motifs is 1. The van der Waals surface area contributed by atoms with Crippen LogP contribution in [0.2, 0.25) is 0 Å². The Morgan fingerprint density at radius 2 is 2.30 bits per heavy atom. The predicted molar refractivity (Wildman–Crippen MR) is 80.5 cm³/mol. The van der Waals surface area contributed by atoms with Crippen LogP contribution in [-0.4, -0.2) is 30.3 Å². The molecule has 20 heavy (non-hydrogen) atoms. The number of imidazole rings is 1. The molecule has 0 amide bonds. The van der Waals surface area contributed by atoms with E-state index in [2.05, 4.69) is 31.6 Å². The van der Waals surface area contributed by atoms with E-state index in [9.17, 15) is 0 Å². The SMILES string of the molecule is CCCNc1cn2ccnc2c(Sc2nc(C)ns2)n1. The van der Waals surface area contributed by atoms with Crippen LogP contribution >= 0.6 is 23.3 Å².